The summed E-state index contributed by atoms with van der Waals surface area (Å²) in [6.07, 6.45) is 13.9. The number of allylic oxidation sites excluding steroid dienone is 2. The summed E-state index contributed by atoms with van der Waals surface area (Å²) in [5, 5.41) is 0. The second kappa shape index (κ2) is 11.0. The fourth-order valence-electron chi connectivity index (χ4n) is 1.98. The second-order valence-electron chi connectivity index (χ2n) is 6.26. The number of hydrogen-bond acceptors (Lipinski definition) is 2. The smallest absolute Gasteiger partial charge is 0.184 e. The lowest BCUT2D eigenvalue weighted by Gasteiger charge is -2.24. The van der Waals surface area contributed by atoms with Gasteiger partial charge in [0.25, 0.3) is 0 Å². The largest absolute Gasteiger partial charge is 0.411 e. The molecule has 1 atom stereocenters. The topological polar surface area (TPSA) is 26.3 Å². The highest BCUT2D eigenvalue weighted by atomic mass is 28.4. The molecule has 0 radical (unpaired) electrons. The molecule has 3 heteroatoms. The fourth-order valence-corrected chi connectivity index (χ4v) is 3.10. The highest BCUT2D eigenvalue weighted by Gasteiger charge is 2.18. The Hall–Kier alpha value is -0.673. The van der Waals surface area contributed by atoms with E-state index >= 15 is 0 Å². The molecule has 0 aromatic rings. The normalized spacial score (nSPS) is 15.7. The van der Waals surface area contributed by atoms with Crippen LogP contribution in [0.4, 0.5) is 0 Å². The summed E-state index contributed by atoms with van der Waals surface area (Å²) in [6, 6.07) is 0. The fraction of sp³-hybridized carbons (Fsp3) is 0.706. The molecule has 0 heterocycles. The molecule has 0 spiro atoms. The van der Waals surface area contributed by atoms with Crippen molar-refractivity contribution in [3.05, 3.63) is 24.8 Å². The van der Waals surface area contributed by atoms with Gasteiger partial charge in [-0.05, 0) is 38.6 Å². The Labute approximate surface area is 126 Å². The second-order valence-corrected chi connectivity index (χ2v) is 10.7. The summed E-state index contributed by atoms with van der Waals surface area (Å²) in [6.45, 7) is 12.8. The minimum atomic E-state index is -1.38. The molecule has 0 aromatic carbocycles. The van der Waals surface area contributed by atoms with Crippen molar-refractivity contribution in [1.29, 1.82) is 0 Å². The van der Waals surface area contributed by atoms with Crippen LogP contribution in [0.2, 0.25) is 19.6 Å². The first-order valence-corrected chi connectivity index (χ1v) is 11.3. The molecule has 1 aliphatic rings. The summed E-state index contributed by atoms with van der Waals surface area (Å²) in [4.78, 5) is 10.2. The van der Waals surface area contributed by atoms with Gasteiger partial charge in [-0.15, -0.1) is 6.58 Å². The molecule has 0 fully saturated rings. The predicted molar refractivity (Wildman–Crippen MR) is 90.6 cm³/mol. The third kappa shape index (κ3) is 12.4. The first-order chi connectivity index (χ1) is 9.39. The highest BCUT2D eigenvalue weighted by Crippen LogP contribution is 2.14. The number of ketones is 1. The van der Waals surface area contributed by atoms with Crippen molar-refractivity contribution in [2.45, 2.75) is 77.6 Å². The minimum Gasteiger partial charge on any atom is -0.411 e. The Morgan fingerprint density at radius 3 is 2.40 bits per heavy atom. The lowest BCUT2D eigenvalue weighted by atomic mass is 10.1. The molecule has 0 bridgehead atoms. The average molecular weight is 297 g/mol. The van der Waals surface area contributed by atoms with Gasteiger partial charge in [-0.2, -0.15) is 0 Å². The van der Waals surface area contributed by atoms with Crippen molar-refractivity contribution < 1.29 is 9.22 Å². The quantitative estimate of drug-likeness (QED) is 0.346. The molecule has 20 heavy (non-hydrogen) atoms. The number of carbonyl (C=O) groups is 1. The summed E-state index contributed by atoms with van der Waals surface area (Å²) in [7, 11) is -1.38. The average Bonchev–Trinajstić information content (AvgIpc) is 2.83. The lowest BCUT2D eigenvalue weighted by Crippen LogP contribution is -2.30. The molecule has 1 rings (SSSR count). The van der Waals surface area contributed by atoms with Crippen LogP contribution >= 0.6 is 0 Å². The van der Waals surface area contributed by atoms with Crippen LogP contribution in [0, 0.1) is 0 Å². The van der Waals surface area contributed by atoms with E-state index in [-0.39, 0.29) is 5.78 Å². The van der Waals surface area contributed by atoms with Crippen molar-refractivity contribution >= 4 is 14.1 Å². The van der Waals surface area contributed by atoms with E-state index < -0.39 is 8.32 Å². The van der Waals surface area contributed by atoms with Crippen LogP contribution < -0.4 is 0 Å². The lowest BCUT2D eigenvalue weighted by molar-refractivity contribution is -0.114. The third-order valence-electron chi connectivity index (χ3n) is 2.97. The SMILES string of the molecule is C=CC(CCCCCC)O[Si](C)(C)C.O=C1C=CCC1. The van der Waals surface area contributed by atoms with Crippen LogP contribution in [0.15, 0.2) is 24.8 Å². The van der Waals surface area contributed by atoms with E-state index in [1.807, 2.05) is 12.2 Å². The maximum atomic E-state index is 10.2. The van der Waals surface area contributed by atoms with E-state index in [1.54, 1.807) is 6.08 Å². The van der Waals surface area contributed by atoms with E-state index in [2.05, 4.69) is 33.1 Å². The molecular weight excluding hydrogens is 264 g/mol. The molecule has 0 saturated carbocycles. The van der Waals surface area contributed by atoms with Crippen molar-refractivity contribution in [3.8, 4) is 0 Å². The standard InChI is InChI=1S/C12H26OSi.C5H6O/c1-6-8-9-10-11-12(7-2)13-14(3,4)5;6-5-3-1-2-4-5/h7,12H,2,6,8-11H2,1,3-5H3;1,3H,2,4H2. The molecule has 1 aliphatic carbocycles. The molecule has 1 unspecified atom stereocenters. The van der Waals surface area contributed by atoms with Gasteiger partial charge in [-0.1, -0.05) is 44.8 Å². The van der Waals surface area contributed by atoms with Crippen molar-refractivity contribution in [3.63, 3.8) is 0 Å². The van der Waals surface area contributed by atoms with Crippen LogP contribution in [0.5, 0.6) is 0 Å². The van der Waals surface area contributed by atoms with Gasteiger partial charge >= 0.3 is 0 Å². The van der Waals surface area contributed by atoms with Gasteiger partial charge in [0.1, 0.15) is 0 Å². The molecule has 116 valence electrons. The van der Waals surface area contributed by atoms with Crippen LogP contribution in [-0.2, 0) is 9.22 Å². The highest BCUT2D eigenvalue weighted by molar-refractivity contribution is 6.69. The summed E-state index contributed by atoms with van der Waals surface area (Å²) < 4.78 is 5.99. The maximum Gasteiger partial charge on any atom is 0.184 e. The Morgan fingerprint density at radius 2 is 2.05 bits per heavy atom. The van der Waals surface area contributed by atoms with E-state index in [0.717, 1.165) is 19.3 Å². The van der Waals surface area contributed by atoms with E-state index in [4.69, 9.17) is 4.43 Å². The number of hydrogen-bond donors (Lipinski definition) is 0. The number of carbonyl (C=O) groups excluding carboxylic acids is 1. The van der Waals surface area contributed by atoms with Gasteiger partial charge in [0, 0.05) is 6.42 Å². The Kier molecular flexibility index (Phi) is 10.7. The van der Waals surface area contributed by atoms with E-state index in [1.165, 1.54) is 25.7 Å². The Balaban J connectivity index is 0.000000493. The van der Waals surface area contributed by atoms with E-state index in [0.29, 0.717) is 6.10 Å². The van der Waals surface area contributed by atoms with Crippen LogP contribution in [0.1, 0.15) is 51.9 Å². The van der Waals surface area contributed by atoms with Gasteiger partial charge in [0.15, 0.2) is 14.1 Å². The summed E-state index contributed by atoms with van der Waals surface area (Å²) >= 11 is 0. The Bertz CT molecular complexity index is 303. The Morgan fingerprint density at radius 1 is 1.35 bits per heavy atom. The summed E-state index contributed by atoms with van der Waals surface area (Å²) in [5.41, 5.74) is 0. The minimum absolute atomic E-state index is 0.273. The van der Waals surface area contributed by atoms with Crippen molar-refractivity contribution in [2.75, 3.05) is 0 Å². The van der Waals surface area contributed by atoms with Gasteiger partial charge in [-0.25, -0.2) is 0 Å². The molecular formula is C17H32O2Si. The van der Waals surface area contributed by atoms with Crippen LogP contribution in [-0.4, -0.2) is 20.2 Å². The van der Waals surface area contributed by atoms with E-state index in [9.17, 15) is 4.79 Å². The molecule has 0 aromatic heterocycles. The zero-order chi connectivity index (χ0) is 15.4. The van der Waals surface area contributed by atoms with Gasteiger partial charge in [0.2, 0.25) is 0 Å². The van der Waals surface area contributed by atoms with Crippen molar-refractivity contribution in [2.24, 2.45) is 0 Å². The first kappa shape index (κ1) is 19.3. The molecule has 0 N–H and O–H groups in total. The zero-order valence-electron chi connectivity index (χ0n) is 13.8. The molecule has 0 amide bonds. The molecule has 0 saturated heterocycles. The zero-order valence-corrected chi connectivity index (χ0v) is 14.8. The van der Waals surface area contributed by atoms with Crippen molar-refractivity contribution in [1.82, 2.24) is 0 Å². The van der Waals surface area contributed by atoms with Crippen LogP contribution in [0.25, 0.3) is 0 Å². The predicted octanol–water partition coefficient (Wildman–Crippen LogP) is 5.27. The maximum absolute atomic E-state index is 10.2. The summed E-state index contributed by atoms with van der Waals surface area (Å²) in [5.74, 6) is 0.273. The number of rotatable bonds is 8. The van der Waals surface area contributed by atoms with Gasteiger partial charge in [-0.3, -0.25) is 4.79 Å². The molecule has 0 aliphatic heterocycles. The van der Waals surface area contributed by atoms with Crippen LogP contribution in [0.3, 0.4) is 0 Å². The first-order valence-electron chi connectivity index (χ1n) is 7.88. The van der Waals surface area contributed by atoms with Gasteiger partial charge < -0.3 is 4.43 Å². The van der Waals surface area contributed by atoms with Gasteiger partial charge in [0.05, 0.1) is 6.10 Å². The monoisotopic (exact) mass is 296 g/mol. The molecule has 2 nitrogen and oxygen atoms in total. The third-order valence-corrected chi connectivity index (χ3v) is 3.98. The number of unbranched alkanes of at least 4 members (excludes halogenated alkanes) is 3.